The van der Waals surface area contributed by atoms with E-state index in [1.54, 1.807) is 37.3 Å². The van der Waals surface area contributed by atoms with Crippen molar-refractivity contribution < 1.29 is 14.0 Å². The van der Waals surface area contributed by atoms with Crippen molar-refractivity contribution in [1.82, 2.24) is 10.3 Å². The smallest absolute Gasteiger partial charge is 0.262 e. The molecule has 1 aromatic heterocycles. The molecule has 0 spiro atoms. The monoisotopic (exact) mass is 373 g/mol. The summed E-state index contributed by atoms with van der Waals surface area (Å²) >= 11 is 1.56. The molecule has 5 nitrogen and oxygen atoms in total. The van der Waals surface area contributed by atoms with Crippen LogP contribution in [0.2, 0.25) is 0 Å². The van der Waals surface area contributed by atoms with E-state index in [0.717, 1.165) is 16.2 Å². The van der Waals surface area contributed by atoms with Crippen LogP contribution in [-0.4, -0.2) is 29.1 Å². The lowest BCUT2D eigenvalue weighted by atomic mass is 10.0. The van der Waals surface area contributed by atoms with E-state index < -0.39 is 0 Å². The van der Waals surface area contributed by atoms with Gasteiger partial charge in [-0.05, 0) is 29.1 Å². The summed E-state index contributed by atoms with van der Waals surface area (Å²) in [5, 5.41) is 10.5. The van der Waals surface area contributed by atoms with Crippen molar-refractivity contribution in [2.75, 3.05) is 6.54 Å². The van der Waals surface area contributed by atoms with E-state index in [2.05, 4.69) is 10.4 Å². The molecule has 3 rings (SSSR count). The minimum absolute atomic E-state index is 0.115. The Bertz CT molecular complexity index is 816. The summed E-state index contributed by atoms with van der Waals surface area (Å²) in [5.41, 5.74) is 1.63. The predicted molar refractivity (Wildman–Crippen MR) is 99.3 cm³/mol. The zero-order chi connectivity index (χ0) is 18.7. The summed E-state index contributed by atoms with van der Waals surface area (Å²) in [6, 6.07) is 9.67. The van der Waals surface area contributed by atoms with Crippen molar-refractivity contribution in [3.8, 4) is 0 Å². The van der Waals surface area contributed by atoms with E-state index in [4.69, 9.17) is 0 Å². The zero-order valence-electron chi connectivity index (χ0n) is 14.6. The first-order valence-corrected chi connectivity index (χ1v) is 9.30. The van der Waals surface area contributed by atoms with Gasteiger partial charge in [-0.3, -0.25) is 9.59 Å². The average Bonchev–Trinajstić information content (AvgIpc) is 3.29. The van der Waals surface area contributed by atoms with Gasteiger partial charge in [-0.25, -0.2) is 9.40 Å². The van der Waals surface area contributed by atoms with E-state index in [0.29, 0.717) is 6.42 Å². The summed E-state index contributed by atoms with van der Waals surface area (Å²) in [4.78, 5) is 25.4. The van der Waals surface area contributed by atoms with Crippen LogP contribution in [0.25, 0.3) is 0 Å². The maximum atomic E-state index is 13.3. The molecule has 1 N–H and O–H groups in total. The molecule has 2 aromatic rings. The van der Waals surface area contributed by atoms with Crippen molar-refractivity contribution in [2.24, 2.45) is 11.0 Å². The third-order valence-electron chi connectivity index (χ3n) is 4.16. The third kappa shape index (κ3) is 3.99. The van der Waals surface area contributed by atoms with Gasteiger partial charge in [0, 0.05) is 12.3 Å². The number of carbonyl (C=O) groups excluding carboxylic acids is 2. The summed E-state index contributed by atoms with van der Waals surface area (Å²) in [7, 11) is 0. The highest BCUT2D eigenvalue weighted by atomic mass is 32.1. The largest absolute Gasteiger partial charge is 0.347 e. The second kappa shape index (κ2) is 7.78. The number of benzene rings is 1. The van der Waals surface area contributed by atoms with Crippen molar-refractivity contribution in [3.05, 3.63) is 58.0 Å². The number of hydrogen-bond donors (Lipinski definition) is 1. The summed E-state index contributed by atoms with van der Waals surface area (Å²) in [5.74, 6) is -0.995. The molecule has 1 atom stereocenters. The fraction of sp³-hybridized carbons (Fsp3) is 0.316. The molecule has 2 amide bonds. The molecule has 0 saturated carbocycles. The number of nitrogens with one attached hydrogen (secondary N) is 1. The number of nitrogens with zero attached hydrogens (tertiary/aromatic N) is 2. The number of hydrazone groups is 1. The second-order valence-electron chi connectivity index (χ2n) is 6.41. The summed E-state index contributed by atoms with van der Waals surface area (Å²) in [6.07, 6.45) is 0.552. The molecule has 2 heterocycles. The van der Waals surface area contributed by atoms with Crippen LogP contribution < -0.4 is 5.32 Å². The van der Waals surface area contributed by atoms with E-state index in [-0.39, 0.29) is 36.1 Å². The predicted octanol–water partition coefficient (Wildman–Crippen LogP) is 3.34. The molecule has 7 heteroatoms. The first-order chi connectivity index (χ1) is 12.5. The van der Waals surface area contributed by atoms with Crippen LogP contribution in [0.5, 0.6) is 0 Å². The Hall–Kier alpha value is -2.54. The number of halogens is 1. The number of rotatable bonds is 5. The van der Waals surface area contributed by atoms with Gasteiger partial charge in [0.25, 0.3) is 5.91 Å². The topological polar surface area (TPSA) is 61.8 Å². The van der Waals surface area contributed by atoms with E-state index >= 15 is 0 Å². The highest BCUT2D eigenvalue weighted by molar-refractivity contribution is 7.12. The van der Waals surface area contributed by atoms with Crippen LogP contribution in [0.4, 0.5) is 4.39 Å². The molecule has 1 aromatic carbocycles. The molecule has 136 valence electrons. The number of hydrogen-bond acceptors (Lipinski definition) is 4. The Kier molecular flexibility index (Phi) is 5.46. The normalized spacial score (nSPS) is 16.7. The Morgan fingerprint density at radius 2 is 2.04 bits per heavy atom. The van der Waals surface area contributed by atoms with Crippen molar-refractivity contribution in [2.45, 2.75) is 26.3 Å². The fourth-order valence-corrected chi connectivity index (χ4v) is 3.45. The molecule has 0 unspecified atom stereocenters. The minimum Gasteiger partial charge on any atom is -0.347 e. The molecule has 1 aliphatic heterocycles. The number of thiophene rings is 1. The lowest BCUT2D eigenvalue weighted by Gasteiger charge is -2.22. The summed E-state index contributed by atoms with van der Waals surface area (Å²) < 4.78 is 13.3. The highest BCUT2D eigenvalue weighted by Crippen LogP contribution is 2.33. The highest BCUT2D eigenvalue weighted by Gasteiger charge is 2.33. The molecule has 1 aliphatic rings. The Balaban J connectivity index is 1.82. The van der Waals surface area contributed by atoms with E-state index in [9.17, 15) is 14.0 Å². The van der Waals surface area contributed by atoms with Gasteiger partial charge in [0.15, 0.2) is 0 Å². The second-order valence-corrected chi connectivity index (χ2v) is 7.35. The lowest BCUT2D eigenvalue weighted by molar-refractivity contribution is -0.135. The van der Waals surface area contributed by atoms with Gasteiger partial charge in [-0.1, -0.05) is 32.0 Å². The van der Waals surface area contributed by atoms with Gasteiger partial charge in [0.1, 0.15) is 5.82 Å². The first kappa shape index (κ1) is 18.3. The van der Waals surface area contributed by atoms with Gasteiger partial charge >= 0.3 is 0 Å². The lowest BCUT2D eigenvalue weighted by Crippen LogP contribution is -2.39. The quantitative estimate of drug-likeness (QED) is 0.874. The molecule has 0 bridgehead atoms. The van der Waals surface area contributed by atoms with Crippen LogP contribution in [0.3, 0.4) is 0 Å². The first-order valence-electron chi connectivity index (χ1n) is 8.42. The SMILES string of the molecule is CC(C)C(=O)NCC(=O)N1N=C(c2cccs2)C[C@H]1c1ccc(F)cc1. The van der Waals surface area contributed by atoms with Crippen molar-refractivity contribution in [3.63, 3.8) is 0 Å². The Labute approximate surface area is 155 Å². The molecular weight excluding hydrogens is 353 g/mol. The fourth-order valence-electron chi connectivity index (χ4n) is 2.72. The van der Waals surface area contributed by atoms with Gasteiger partial charge in [-0.15, -0.1) is 11.3 Å². The standard InChI is InChI=1S/C19H20FN3O2S/c1-12(2)19(25)21-11-18(24)23-16(13-5-7-14(20)8-6-13)10-15(22-23)17-4-3-9-26-17/h3-9,12,16H,10-11H2,1-2H3,(H,21,25)/t16-/m0/s1. The van der Waals surface area contributed by atoms with Gasteiger partial charge < -0.3 is 5.32 Å². The molecule has 0 aliphatic carbocycles. The van der Waals surface area contributed by atoms with Crippen molar-refractivity contribution in [1.29, 1.82) is 0 Å². The van der Waals surface area contributed by atoms with Gasteiger partial charge in [-0.2, -0.15) is 5.10 Å². The van der Waals surface area contributed by atoms with Crippen LogP contribution >= 0.6 is 11.3 Å². The molecule has 0 saturated heterocycles. The molecular formula is C19H20FN3O2S. The zero-order valence-corrected chi connectivity index (χ0v) is 15.4. The van der Waals surface area contributed by atoms with Gasteiger partial charge in [0.2, 0.25) is 5.91 Å². The number of carbonyl (C=O) groups is 2. The molecule has 26 heavy (non-hydrogen) atoms. The van der Waals surface area contributed by atoms with Crippen LogP contribution in [0, 0.1) is 11.7 Å². The van der Waals surface area contributed by atoms with Crippen LogP contribution in [0.1, 0.15) is 36.8 Å². The molecule has 0 radical (unpaired) electrons. The minimum atomic E-state index is -0.326. The van der Waals surface area contributed by atoms with Gasteiger partial charge in [0.05, 0.1) is 23.2 Å². The summed E-state index contributed by atoms with van der Waals surface area (Å²) in [6.45, 7) is 3.42. The van der Waals surface area contributed by atoms with E-state index in [1.165, 1.54) is 17.1 Å². The maximum absolute atomic E-state index is 13.3. The maximum Gasteiger partial charge on any atom is 0.262 e. The van der Waals surface area contributed by atoms with Crippen LogP contribution in [0.15, 0.2) is 46.9 Å². The molecule has 0 fully saturated rings. The number of amides is 2. The van der Waals surface area contributed by atoms with Crippen molar-refractivity contribution >= 4 is 28.9 Å². The third-order valence-corrected chi connectivity index (χ3v) is 5.08. The average molecular weight is 373 g/mol. The van der Waals surface area contributed by atoms with E-state index in [1.807, 2.05) is 17.5 Å². The van der Waals surface area contributed by atoms with Crippen LogP contribution in [-0.2, 0) is 9.59 Å². The Morgan fingerprint density at radius 3 is 2.65 bits per heavy atom. The Morgan fingerprint density at radius 1 is 1.31 bits per heavy atom.